The second-order valence-electron chi connectivity index (χ2n) is 7.38. The maximum Gasteiger partial charge on any atom is 0.289 e. The highest BCUT2D eigenvalue weighted by Crippen LogP contribution is 2.41. The minimum atomic E-state index is -3.27. The van der Waals surface area contributed by atoms with Crippen LogP contribution in [0.15, 0.2) is 41.9 Å². The molecule has 1 aliphatic rings. The number of carbonyl (C=O) groups is 1. The lowest BCUT2D eigenvalue weighted by atomic mass is 10.0. The number of nitrogens with one attached hydrogen (secondary N) is 1. The second kappa shape index (κ2) is 9.65. The molecule has 1 N–H and O–H groups in total. The summed E-state index contributed by atoms with van der Waals surface area (Å²) < 4.78 is 27.9. The van der Waals surface area contributed by atoms with Crippen molar-refractivity contribution in [2.75, 3.05) is 24.8 Å². The molecule has 8 nitrogen and oxygen atoms in total. The van der Waals surface area contributed by atoms with Gasteiger partial charge in [-0.2, -0.15) is 4.98 Å². The Morgan fingerprint density at radius 2 is 2.13 bits per heavy atom. The Morgan fingerprint density at radius 1 is 1.39 bits per heavy atom. The Labute approximate surface area is 187 Å². The van der Waals surface area contributed by atoms with Gasteiger partial charge in [-0.05, 0) is 31.4 Å². The van der Waals surface area contributed by atoms with Crippen LogP contribution in [0, 0.1) is 0 Å². The van der Waals surface area contributed by atoms with Gasteiger partial charge in [0.1, 0.15) is 5.69 Å². The number of halogens is 1. The van der Waals surface area contributed by atoms with Gasteiger partial charge < -0.3 is 15.0 Å². The van der Waals surface area contributed by atoms with Gasteiger partial charge in [0, 0.05) is 29.3 Å². The molecule has 0 spiro atoms. The zero-order chi connectivity index (χ0) is 22.6. The predicted molar refractivity (Wildman–Crippen MR) is 120 cm³/mol. The molecule has 1 fully saturated rings. The maximum absolute atomic E-state index is 12.5. The fourth-order valence-corrected chi connectivity index (χ4v) is 4.30. The molecule has 166 valence electrons. The molecule has 2 aromatic rings. The van der Waals surface area contributed by atoms with Gasteiger partial charge in [0.25, 0.3) is 5.91 Å². The van der Waals surface area contributed by atoms with Gasteiger partial charge in [0.15, 0.2) is 9.84 Å². The number of carbonyl (C=O) groups excluding carboxylic acids is 1. The van der Waals surface area contributed by atoms with Crippen molar-refractivity contribution in [3.8, 4) is 5.88 Å². The SMILES string of the molecule is COc1nc(C(=O)N[C@H](C)/C=C/S(C)(=O)=O)ncc1N1CCC[C@H]1c1ccccc1Cl. The maximum atomic E-state index is 12.5. The standard InChI is InChI=1S/C21H25ClN4O4S/c1-14(10-12-31(3,28)29)24-20(27)19-23-13-18(21(25-19)30-2)26-11-6-9-17(26)15-7-4-5-8-16(15)22/h4-5,7-8,10,12-14,17H,6,9,11H2,1-3H3,(H,24,27)/b12-10+/t14-,17+/m1/s1. The van der Waals surface area contributed by atoms with Gasteiger partial charge in [-0.3, -0.25) is 4.79 Å². The molecule has 3 rings (SSSR count). The van der Waals surface area contributed by atoms with Crippen molar-refractivity contribution < 1.29 is 17.9 Å². The summed E-state index contributed by atoms with van der Waals surface area (Å²) in [4.78, 5) is 23.2. The first-order valence-corrected chi connectivity index (χ1v) is 12.1. The lowest BCUT2D eigenvalue weighted by Crippen LogP contribution is -2.33. The van der Waals surface area contributed by atoms with Crippen molar-refractivity contribution in [1.82, 2.24) is 15.3 Å². The van der Waals surface area contributed by atoms with Crippen LogP contribution in [-0.4, -0.2) is 50.2 Å². The molecule has 0 bridgehead atoms. The molecule has 2 atom stereocenters. The smallest absolute Gasteiger partial charge is 0.289 e. The molecule has 0 radical (unpaired) electrons. The first kappa shape index (κ1) is 23.0. The van der Waals surface area contributed by atoms with Gasteiger partial charge in [0.05, 0.1) is 19.3 Å². The van der Waals surface area contributed by atoms with E-state index in [4.69, 9.17) is 16.3 Å². The van der Waals surface area contributed by atoms with Crippen LogP contribution < -0.4 is 15.0 Å². The van der Waals surface area contributed by atoms with Crippen molar-refractivity contribution >= 4 is 33.0 Å². The normalized spacial score (nSPS) is 17.7. The van der Waals surface area contributed by atoms with Crippen LogP contribution in [0.25, 0.3) is 0 Å². The summed E-state index contributed by atoms with van der Waals surface area (Å²) >= 11 is 6.41. The van der Waals surface area contributed by atoms with E-state index in [2.05, 4.69) is 20.2 Å². The highest BCUT2D eigenvalue weighted by molar-refractivity contribution is 7.93. The summed E-state index contributed by atoms with van der Waals surface area (Å²) in [5, 5.41) is 4.40. The summed E-state index contributed by atoms with van der Waals surface area (Å²) in [5.74, 6) is -0.299. The van der Waals surface area contributed by atoms with E-state index in [1.54, 1.807) is 13.1 Å². The Balaban J connectivity index is 1.82. The highest BCUT2D eigenvalue weighted by Gasteiger charge is 2.31. The fraction of sp³-hybridized carbons (Fsp3) is 0.381. The number of aromatic nitrogens is 2. The zero-order valence-corrected chi connectivity index (χ0v) is 19.2. The Bertz CT molecular complexity index is 1090. The van der Waals surface area contributed by atoms with Gasteiger partial charge in [-0.25, -0.2) is 13.4 Å². The van der Waals surface area contributed by atoms with Crippen LogP contribution in [0.3, 0.4) is 0 Å². The van der Waals surface area contributed by atoms with Crippen molar-refractivity contribution in [2.24, 2.45) is 0 Å². The predicted octanol–water partition coefficient (Wildman–Crippen LogP) is 3.16. The van der Waals surface area contributed by atoms with Gasteiger partial charge in [-0.1, -0.05) is 35.9 Å². The topological polar surface area (TPSA) is 101 Å². The highest BCUT2D eigenvalue weighted by atomic mass is 35.5. The molecule has 1 amide bonds. The lowest BCUT2D eigenvalue weighted by Gasteiger charge is -2.28. The molecule has 31 heavy (non-hydrogen) atoms. The van der Waals surface area contributed by atoms with E-state index >= 15 is 0 Å². The van der Waals surface area contributed by atoms with Gasteiger partial charge in [0.2, 0.25) is 11.7 Å². The average Bonchev–Trinajstić information content (AvgIpc) is 3.21. The number of amides is 1. The fourth-order valence-electron chi connectivity index (χ4n) is 3.52. The van der Waals surface area contributed by atoms with Gasteiger partial charge >= 0.3 is 0 Å². The molecule has 0 saturated carbocycles. The van der Waals surface area contributed by atoms with E-state index < -0.39 is 21.8 Å². The average molecular weight is 465 g/mol. The number of nitrogens with zero attached hydrogens (tertiary/aromatic N) is 3. The molecule has 1 aliphatic heterocycles. The molecular weight excluding hydrogens is 440 g/mol. The third kappa shape index (κ3) is 5.74. The zero-order valence-electron chi connectivity index (χ0n) is 17.6. The minimum absolute atomic E-state index is 0.0614. The molecule has 2 heterocycles. The molecule has 1 aromatic heterocycles. The molecule has 1 aromatic carbocycles. The van der Waals surface area contributed by atoms with E-state index in [-0.39, 0.29) is 11.9 Å². The molecule has 1 saturated heterocycles. The van der Waals surface area contributed by atoms with Crippen molar-refractivity contribution in [3.63, 3.8) is 0 Å². The number of ether oxygens (including phenoxy) is 1. The monoisotopic (exact) mass is 464 g/mol. The summed E-state index contributed by atoms with van der Waals surface area (Å²) in [6.07, 6.45) is 5.95. The van der Waals surface area contributed by atoms with E-state index in [9.17, 15) is 13.2 Å². The molecule has 10 heteroatoms. The first-order valence-electron chi connectivity index (χ1n) is 9.81. The third-order valence-electron chi connectivity index (χ3n) is 4.93. The van der Waals surface area contributed by atoms with Crippen molar-refractivity contribution in [3.05, 3.63) is 58.4 Å². The largest absolute Gasteiger partial charge is 0.479 e. The Hall–Kier alpha value is -2.65. The lowest BCUT2D eigenvalue weighted by molar-refractivity contribution is 0.0935. The minimum Gasteiger partial charge on any atom is -0.479 e. The van der Waals surface area contributed by atoms with E-state index in [1.165, 1.54) is 13.2 Å². The number of benzene rings is 1. The van der Waals surface area contributed by atoms with Crippen molar-refractivity contribution in [1.29, 1.82) is 0 Å². The van der Waals surface area contributed by atoms with Crippen LogP contribution in [0.2, 0.25) is 5.02 Å². The van der Waals surface area contributed by atoms with Crippen molar-refractivity contribution in [2.45, 2.75) is 31.8 Å². The van der Waals surface area contributed by atoms with Crippen LogP contribution in [0.1, 0.15) is 42.0 Å². The van der Waals surface area contributed by atoms with Crippen LogP contribution in [0.5, 0.6) is 5.88 Å². The summed E-state index contributed by atoms with van der Waals surface area (Å²) in [7, 11) is -1.78. The third-order valence-corrected chi connectivity index (χ3v) is 5.93. The van der Waals surface area contributed by atoms with E-state index in [0.717, 1.165) is 36.6 Å². The number of anilines is 1. The first-order chi connectivity index (χ1) is 14.7. The number of sulfone groups is 1. The summed E-state index contributed by atoms with van der Waals surface area (Å²) in [6, 6.07) is 7.28. The van der Waals surface area contributed by atoms with E-state index in [0.29, 0.717) is 16.6 Å². The van der Waals surface area contributed by atoms with Crippen LogP contribution in [0.4, 0.5) is 5.69 Å². The van der Waals surface area contributed by atoms with E-state index in [1.807, 2.05) is 24.3 Å². The van der Waals surface area contributed by atoms with Crippen LogP contribution >= 0.6 is 11.6 Å². The molecular formula is C21H25ClN4O4S. The number of rotatable bonds is 7. The quantitative estimate of drug-likeness (QED) is 0.671. The van der Waals surface area contributed by atoms with Crippen LogP contribution in [-0.2, 0) is 9.84 Å². The number of hydrogen-bond donors (Lipinski definition) is 1. The number of methoxy groups -OCH3 is 1. The Kier molecular flexibility index (Phi) is 7.17. The summed E-state index contributed by atoms with van der Waals surface area (Å²) in [6.45, 7) is 2.44. The molecule has 0 aliphatic carbocycles. The Morgan fingerprint density at radius 3 is 2.81 bits per heavy atom. The number of hydrogen-bond acceptors (Lipinski definition) is 7. The molecule has 0 unspecified atom stereocenters. The summed E-state index contributed by atoms with van der Waals surface area (Å²) in [5.41, 5.74) is 1.71. The second-order valence-corrected chi connectivity index (χ2v) is 9.72. The van der Waals surface area contributed by atoms with Gasteiger partial charge in [-0.15, -0.1) is 0 Å².